The second-order valence-corrected chi connectivity index (χ2v) is 3.55. The Morgan fingerprint density at radius 3 is 3.07 bits per heavy atom. The predicted octanol–water partition coefficient (Wildman–Crippen LogP) is 1.69. The fourth-order valence-corrected chi connectivity index (χ4v) is 1.82. The Balaban J connectivity index is 2.09. The number of hydrogen-bond donors (Lipinski definition) is 1. The van der Waals surface area contributed by atoms with E-state index in [1.54, 1.807) is 0 Å². The molecular formula is C10H12N2O2. The Hall–Kier alpha value is -1.58. The lowest BCUT2D eigenvalue weighted by atomic mass is 9.98. The summed E-state index contributed by atoms with van der Waals surface area (Å²) in [5.41, 5.74) is 2.30. The molecule has 1 atom stereocenters. The van der Waals surface area contributed by atoms with Crippen LogP contribution in [0.5, 0.6) is 0 Å². The zero-order chi connectivity index (χ0) is 9.97. The van der Waals surface area contributed by atoms with Gasteiger partial charge in [-0.2, -0.15) is 0 Å². The predicted molar refractivity (Wildman–Crippen MR) is 54.0 cm³/mol. The number of benzene rings is 1. The van der Waals surface area contributed by atoms with E-state index in [1.807, 2.05) is 18.2 Å². The summed E-state index contributed by atoms with van der Waals surface area (Å²) in [5, 5.41) is 13.5. The van der Waals surface area contributed by atoms with Gasteiger partial charge in [0, 0.05) is 10.6 Å². The Morgan fingerprint density at radius 2 is 2.29 bits per heavy atom. The Kier molecular flexibility index (Phi) is 2.35. The Morgan fingerprint density at radius 1 is 1.50 bits per heavy atom. The summed E-state index contributed by atoms with van der Waals surface area (Å²) in [4.78, 5) is 10.1. The monoisotopic (exact) mass is 192 g/mol. The van der Waals surface area contributed by atoms with Gasteiger partial charge in [0.2, 0.25) is 6.54 Å². The number of para-hydroxylation sites is 1. The SMILES string of the molecule is O=[N+]([O-])CC1CCc2ccccc2N1. The molecule has 74 valence electrons. The van der Waals surface area contributed by atoms with Crippen LogP contribution in [-0.2, 0) is 6.42 Å². The molecule has 0 amide bonds. The minimum atomic E-state index is -0.258. The average molecular weight is 192 g/mol. The van der Waals surface area contributed by atoms with E-state index in [-0.39, 0.29) is 17.5 Å². The highest BCUT2D eigenvalue weighted by molar-refractivity contribution is 5.53. The number of hydrogen-bond acceptors (Lipinski definition) is 3. The number of rotatable bonds is 2. The smallest absolute Gasteiger partial charge is 0.223 e. The summed E-state index contributed by atoms with van der Waals surface area (Å²) in [7, 11) is 0. The minimum Gasteiger partial charge on any atom is -0.376 e. The van der Waals surface area contributed by atoms with Crippen LogP contribution in [-0.4, -0.2) is 17.5 Å². The van der Waals surface area contributed by atoms with Crippen molar-refractivity contribution >= 4 is 5.69 Å². The van der Waals surface area contributed by atoms with Crippen LogP contribution in [0.4, 0.5) is 5.69 Å². The van der Waals surface area contributed by atoms with Crippen molar-refractivity contribution in [3.05, 3.63) is 39.9 Å². The van der Waals surface area contributed by atoms with E-state index < -0.39 is 0 Å². The standard InChI is InChI=1S/C10H12N2O2/c13-12(14)7-9-6-5-8-3-1-2-4-10(8)11-9/h1-4,9,11H,5-7H2. The second-order valence-electron chi connectivity index (χ2n) is 3.55. The van der Waals surface area contributed by atoms with E-state index in [1.165, 1.54) is 5.56 Å². The van der Waals surface area contributed by atoms with Gasteiger partial charge in [-0.15, -0.1) is 0 Å². The van der Waals surface area contributed by atoms with Gasteiger partial charge in [-0.1, -0.05) is 18.2 Å². The number of nitrogens with zero attached hydrogens (tertiary/aromatic N) is 1. The van der Waals surface area contributed by atoms with Crippen LogP contribution in [0.3, 0.4) is 0 Å². The van der Waals surface area contributed by atoms with Gasteiger partial charge in [0.25, 0.3) is 0 Å². The Bertz CT molecular complexity index is 352. The van der Waals surface area contributed by atoms with Crippen LogP contribution >= 0.6 is 0 Å². The fourth-order valence-electron chi connectivity index (χ4n) is 1.82. The molecule has 0 fully saturated rings. The lowest BCUT2D eigenvalue weighted by molar-refractivity contribution is -0.481. The third-order valence-electron chi connectivity index (χ3n) is 2.51. The quantitative estimate of drug-likeness (QED) is 0.573. The number of fused-ring (bicyclic) bond motifs is 1. The maximum atomic E-state index is 10.3. The summed E-state index contributed by atoms with van der Waals surface area (Å²) in [6.45, 7) is 0.00827. The van der Waals surface area contributed by atoms with E-state index in [0.717, 1.165) is 18.5 Å². The zero-order valence-electron chi connectivity index (χ0n) is 7.77. The van der Waals surface area contributed by atoms with Crippen molar-refractivity contribution in [2.75, 3.05) is 11.9 Å². The first-order valence-electron chi connectivity index (χ1n) is 4.72. The summed E-state index contributed by atoms with van der Waals surface area (Å²) in [6, 6.07) is 7.96. The molecule has 1 aromatic rings. The van der Waals surface area contributed by atoms with Gasteiger partial charge < -0.3 is 5.32 Å². The molecule has 0 bridgehead atoms. The highest BCUT2D eigenvalue weighted by Crippen LogP contribution is 2.23. The van der Waals surface area contributed by atoms with E-state index in [4.69, 9.17) is 0 Å². The van der Waals surface area contributed by atoms with E-state index in [9.17, 15) is 10.1 Å². The molecule has 1 aromatic carbocycles. The van der Waals surface area contributed by atoms with Crippen LogP contribution in [0.1, 0.15) is 12.0 Å². The van der Waals surface area contributed by atoms with E-state index in [2.05, 4.69) is 11.4 Å². The molecule has 0 aliphatic carbocycles. The van der Waals surface area contributed by atoms with Gasteiger partial charge in [-0.05, 0) is 24.5 Å². The highest BCUT2D eigenvalue weighted by atomic mass is 16.6. The van der Waals surface area contributed by atoms with Gasteiger partial charge in [-0.3, -0.25) is 10.1 Å². The van der Waals surface area contributed by atoms with Gasteiger partial charge in [0.15, 0.2) is 0 Å². The zero-order valence-corrected chi connectivity index (χ0v) is 7.77. The second kappa shape index (κ2) is 3.65. The van der Waals surface area contributed by atoms with Crippen molar-refractivity contribution in [3.8, 4) is 0 Å². The first-order valence-corrected chi connectivity index (χ1v) is 4.72. The third kappa shape index (κ3) is 1.84. The molecule has 0 saturated heterocycles. The summed E-state index contributed by atoms with van der Waals surface area (Å²) in [5.74, 6) is 0. The van der Waals surface area contributed by atoms with Crippen LogP contribution in [0, 0.1) is 10.1 Å². The molecule has 2 rings (SSSR count). The van der Waals surface area contributed by atoms with Gasteiger partial charge in [0.1, 0.15) is 0 Å². The van der Waals surface area contributed by atoms with Gasteiger partial charge in [0.05, 0.1) is 6.04 Å². The van der Waals surface area contributed by atoms with Crippen LogP contribution in [0.2, 0.25) is 0 Å². The molecule has 0 saturated carbocycles. The average Bonchev–Trinajstić information content (AvgIpc) is 2.17. The largest absolute Gasteiger partial charge is 0.376 e. The molecule has 1 unspecified atom stereocenters. The van der Waals surface area contributed by atoms with E-state index >= 15 is 0 Å². The van der Waals surface area contributed by atoms with Gasteiger partial charge in [-0.25, -0.2) is 0 Å². The van der Waals surface area contributed by atoms with Crippen LogP contribution in [0.15, 0.2) is 24.3 Å². The van der Waals surface area contributed by atoms with Crippen molar-refractivity contribution < 1.29 is 4.92 Å². The lowest BCUT2D eigenvalue weighted by Gasteiger charge is -2.24. The number of aryl methyl sites for hydroxylation is 1. The van der Waals surface area contributed by atoms with Crippen LogP contribution in [0.25, 0.3) is 0 Å². The molecular weight excluding hydrogens is 180 g/mol. The molecule has 0 radical (unpaired) electrons. The first-order chi connectivity index (χ1) is 6.75. The molecule has 4 heteroatoms. The third-order valence-corrected chi connectivity index (χ3v) is 2.51. The van der Waals surface area contributed by atoms with Crippen molar-refractivity contribution in [1.29, 1.82) is 0 Å². The van der Waals surface area contributed by atoms with E-state index in [0.29, 0.717) is 0 Å². The number of anilines is 1. The summed E-state index contributed by atoms with van der Waals surface area (Å²) in [6.07, 6.45) is 1.78. The molecule has 1 N–H and O–H groups in total. The maximum absolute atomic E-state index is 10.3. The highest BCUT2D eigenvalue weighted by Gasteiger charge is 2.20. The normalized spacial score (nSPS) is 19.6. The van der Waals surface area contributed by atoms with Gasteiger partial charge >= 0.3 is 0 Å². The fraction of sp³-hybridized carbons (Fsp3) is 0.400. The molecule has 14 heavy (non-hydrogen) atoms. The summed E-state index contributed by atoms with van der Waals surface area (Å²) >= 11 is 0. The molecule has 1 heterocycles. The maximum Gasteiger partial charge on any atom is 0.223 e. The molecule has 0 aromatic heterocycles. The topological polar surface area (TPSA) is 55.2 Å². The molecule has 4 nitrogen and oxygen atoms in total. The molecule has 1 aliphatic rings. The Labute approximate surface area is 82.1 Å². The summed E-state index contributed by atoms with van der Waals surface area (Å²) < 4.78 is 0. The molecule has 1 aliphatic heterocycles. The van der Waals surface area contributed by atoms with Crippen molar-refractivity contribution in [1.82, 2.24) is 0 Å². The van der Waals surface area contributed by atoms with Crippen molar-refractivity contribution in [2.45, 2.75) is 18.9 Å². The lowest BCUT2D eigenvalue weighted by Crippen LogP contribution is -2.32. The van der Waals surface area contributed by atoms with Crippen LogP contribution < -0.4 is 5.32 Å². The van der Waals surface area contributed by atoms with Crippen molar-refractivity contribution in [2.24, 2.45) is 0 Å². The minimum absolute atomic E-state index is 0.00827. The number of nitro groups is 1. The molecule has 0 spiro atoms. The van der Waals surface area contributed by atoms with Crippen molar-refractivity contribution in [3.63, 3.8) is 0 Å². The first kappa shape index (κ1) is 8.99. The number of nitrogens with one attached hydrogen (secondary N) is 1.